The molecule has 1 aliphatic heterocycles. The Morgan fingerprint density at radius 1 is 1.48 bits per heavy atom. The molecule has 4 atom stereocenters. The Bertz CT molecular complexity index is 592. The van der Waals surface area contributed by atoms with Gasteiger partial charge in [0, 0.05) is 25.6 Å². The topological polar surface area (TPSA) is 102 Å². The van der Waals surface area contributed by atoms with Crippen molar-refractivity contribution in [1.29, 1.82) is 0 Å². The second-order valence-corrected chi connectivity index (χ2v) is 7.41. The van der Waals surface area contributed by atoms with E-state index in [1.807, 2.05) is 0 Å². The molecule has 0 radical (unpaired) electrons. The van der Waals surface area contributed by atoms with E-state index in [4.69, 9.17) is 0 Å². The number of hydrogen-bond acceptors (Lipinski definition) is 6. The molecule has 2 N–H and O–H groups in total. The normalized spacial score (nSPS) is 30.4. The highest BCUT2D eigenvalue weighted by atomic mass is 32.2. The number of piperidine rings is 1. The molecule has 9 heteroatoms. The molecule has 126 valence electrons. The molecule has 2 heterocycles. The van der Waals surface area contributed by atoms with Gasteiger partial charge >= 0.3 is 0 Å². The zero-order valence-corrected chi connectivity index (χ0v) is 14.2. The molecule has 0 spiro atoms. The highest BCUT2D eigenvalue weighted by molar-refractivity contribution is 7.99. The number of thioether (sulfide) groups is 1. The van der Waals surface area contributed by atoms with Gasteiger partial charge in [0.2, 0.25) is 17.0 Å². The van der Waals surface area contributed by atoms with Gasteiger partial charge in [-0.1, -0.05) is 18.7 Å². The van der Waals surface area contributed by atoms with Gasteiger partial charge in [-0.3, -0.25) is 9.59 Å². The van der Waals surface area contributed by atoms with E-state index in [0.717, 1.165) is 19.3 Å². The number of carbonyl (C=O) groups is 2. The van der Waals surface area contributed by atoms with E-state index >= 15 is 0 Å². The summed E-state index contributed by atoms with van der Waals surface area (Å²) in [7, 11) is 1.74. The maximum Gasteiger partial charge on any atom is 0.230 e. The Balaban J connectivity index is 1.48. The lowest BCUT2D eigenvalue weighted by molar-refractivity contribution is -0.127. The second-order valence-electron chi connectivity index (χ2n) is 6.47. The first-order valence-electron chi connectivity index (χ1n) is 7.97. The van der Waals surface area contributed by atoms with Gasteiger partial charge in [0.05, 0.1) is 5.75 Å². The predicted molar refractivity (Wildman–Crippen MR) is 84.5 cm³/mol. The van der Waals surface area contributed by atoms with E-state index in [2.05, 4.69) is 33.1 Å². The zero-order chi connectivity index (χ0) is 16.4. The number of tetrazole rings is 1. The van der Waals surface area contributed by atoms with Crippen LogP contribution in [0.25, 0.3) is 0 Å². The summed E-state index contributed by atoms with van der Waals surface area (Å²) in [5.74, 6) is 1.39. The molecule has 4 unspecified atom stereocenters. The quantitative estimate of drug-likeness (QED) is 0.756. The minimum atomic E-state index is -0.0170. The Kier molecular flexibility index (Phi) is 4.84. The molecule has 2 amide bonds. The number of carbonyl (C=O) groups excluding carboxylic acids is 2. The van der Waals surface area contributed by atoms with Crippen molar-refractivity contribution < 1.29 is 9.59 Å². The minimum Gasteiger partial charge on any atom is -0.353 e. The number of rotatable bonds is 4. The molecular formula is C14H22N6O2S. The highest BCUT2D eigenvalue weighted by Gasteiger charge is 2.38. The van der Waals surface area contributed by atoms with Crippen molar-refractivity contribution in [2.75, 3.05) is 5.75 Å². The molecule has 1 aliphatic carbocycles. The lowest BCUT2D eigenvalue weighted by atomic mass is 9.72. The third-order valence-corrected chi connectivity index (χ3v) is 5.78. The number of fused-ring (bicyclic) bond motifs is 1. The first-order valence-corrected chi connectivity index (χ1v) is 8.95. The van der Waals surface area contributed by atoms with Crippen molar-refractivity contribution in [1.82, 2.24) is 30.8 Å². The Morgan fingerprint density at radius 3 is 3.04 bits per heavy atom. The number of amides is 2. The van der Waals surface area contributed by atoms with Crippen molar-refractivity contribution in [2.45, 2.75) is 49.8 Å². The van der Waals surface area contributed by atoms with Gasteiger partial charge in [-0.05, 0) is 41.5 Å². The standard InChI is InChI=1S/C14H22N6O2S/c1-8-5-12(21)16-11-6-9(3-4-10(8)11)15-13(22)7-23-14-17-18-19-20(14)2/h8-11H,3-7H2,1-2H3,(H,15,22)(H,16,21). The molecule has 0 bridgehead atoms. The summed E-state index contributed by atoms with van der Waals surface area (Å²) in [4.78, 5) is 23.8. The van der Waals surface area contributed by atoms with Crippen LogP contribution in [0.5, 0.6) is 0 Å². The van der Waals surface area contributed by atoms with Gasteiger partial charge in [0.1, 0.15) is 0 Å². The van der Waals surface area contributed by atoms with Crippen LogP contribution in [0, 0.1) is 11.8 Å². The van der Waals surface area contributed by atoms with Gasteiger partial charge in [-0.25, -0.2) is 4.68 Å². The van der Waals surface area contributed by atoms with Crippen molar-refractivity contribution in [3.63, 3.8) is 0 Å². The highest BCUT2D eigenvalue weighted by Crippen LogP contribution is 2.35. The van der Waals surface area contributed by atoms with Crippen LogP contribution in [0.15, 0.2) is 5.16 Å². The van der Waals surface area contributed by atoms with Crippen molar-refractivity contribution in [3.05, 3.63) is 0 Å². The molecule has 2 aliphatic rings. The molecule has 1 aromatic rings. The largest absolute Gasteiger partial charge is 0.353 e. The lowest BCUT2D eigenvalue weighted by Crippen LogP contribution is -2.55. The van der Waals surface area contributed by atoms with Crippen LogP contribution >= 0.6 is 11.8 Å². The summed E-state index contributed by atoms with van der Waals surface area (Å²) < 4.78 is 1.54. The number of nitrogens with one attached hydrogen (secondary N) is 2. The average molecular weight is 338 g/mol. The molecule has 23 heavy (non-hydrogen) atoms. The summed E-state index contributed by atoms with van der Waals surface area (Å²) in [5, 5.41) is 17.9. The van der Waals surface area contributed by atoms with Crippen molar-refractivity contribution in [2.24, 2.45) is 18.9 Å². The molecule has 1 aromatic heterocycles. The molecule has 3 rings (SSSR count). The van der Waals surface area contributed by atoms with Crippen LogP contribution < -0.4 is 10.6 Å². The van der Waals surface area contributed by atoms with Gasteiger partial charge in [-0.15, -0.1) is 5.10 Å². The fourth-order valence-electron chi connectivity index (χ4n) is 3.62. The van der Waals surface area contributed by atoms with Crippen LogP contribution in [0.2, 0.25) is 0 Å². The second kappa shape index (κ2) is 6.86. The summed E-state index contributed by atoms with van der Waals surface area (Å²) >= 11 is 1.32. The first kappa shape index (κ1) is 16.2. The van der Waals surface area contributed by atoms with Crippen LogP contribution in [-0.2, 0) is 16.6 Å². The minimum absolute atomic E-state index is 0.0170. The summed E-state index contributed by atoms with van der Waals surface area (Å²) in [6.45, 7) is 2.15. The monoisotopic (exact) mass is 338 g/mol. The summed E-state index contributed by atoms with van der Waals surface area (Å²) in [6.07, 6.45) is 3.48. The van der Waals surface area contributed by atoms with Gasteiger partial charge in [-0.2, -0.15) is 0 Å². The molecule has 1 saturated heterocycles. The smallest absolute Gasteiger partial charge is 0.230 e. The first-order chi connectivity index (χ1) is 11.0. The molecule has 0 aromatic carbocycles. The van der Waals surface area contributed by atoms with Gasteiger partial charge < -0.3 is 10.6 Å². The van der Waals surface area contributed by atoms with Gasteiger partial charge in [0.25, 0.3) is 0 Å². The number of aromatic nitrogens is 4. The number of hydrogen-bond donors (Lipinski definition) is 2. The molecular weight excluding hydrogens is 316 g/mol. The lowest BCUT2D eigenvalue weighted by Gasteiger charge is -2.43. The Labute approximate surface area is 139 Å². The third kappa shape index (κ3) is 3.82. The van der Waals surface area contributed by atoms with Crippen LogP contribution in [0.1, 0.15) is 32.6 Å². The SMILES string of the molecule is CC1CC(=O)NC2CC(NC(=O)CSc3nnnn3C)CCC12. The fourth-order valence-corrected chi connectivity index (χ4v) is 4.29. The summed E-state index contributed by atoms with van der Waals surface area (Å²) in [6, 6.07) is 0.327. The Hall–Kier alpha value is -1.64. The number of aryl methyl sites for hydroxylation is 1. The summed E-state index contributed by atoms with van der Waals surface area (Å²) in [5.41, 5.74) is 0. The number of nitrogens with zero attached hydrogens (tertiary/aromatic N) is 4. The van der Waals surface area contributed by atoms with E-state index in [1.54, 1.807) is 11.7 Å². The molecule has 1 saturated carbocycles. The molecule has 2 fully saturated rings. The van der Waals surface area contributed by atoms with E-state index in [1.165, 1.54) is 11.8 Å². The van der Waals surface area contributed by atoms with E-state index in [-0.39, 0.29) is 23.9 Å². The van der Waals surface area contributed by atoms with Crippen molar-refractivity contribution in [3.8, 4) is 0 Å². The fraction of sp³-hybridized carbons (Fsp3) is 0.786. The van der Waals surface area contributed by atoms with E-state index in [0.29, 0.717) is 29.2 Å². The maximum atomic E-state index is 12.1. The van der Waals surface area contributed by atoms with Crippen LogP contribution in [0.4, 0.5) is 0 Å². The van der Waals surface area contributed by atoms with Crippen molar-refractivity contribution >= 4 is 23.6 Å². The zero-order valence-electron chi connectivity index (χ0n) is 13.4. The Morgan fingerprint density at radius 2 is 2.30 bits per heavy atom. The van der Waals surface area contributed by atoms with Crippen LogP contribution in [-0.4, -0.2) is 49.9 Å². The van der Waals surface area contributed by atoms with E-state index in [9.17, 15) is 9.59 Å². The van der Waals surface area contributed by atoms with Crippen LogP contribution in [0.3, 0.4) is 0 Å². The average Bonchev–Trinajstić information content (AvgIpc) is 2.90. The molecule has 8 nitrogen and oxygen atoms in total. The third-order valence-electron chi connectivity index (χ3n) is 4.77. The van der Waals surface area contributed by atoms with E-state index < -0.39 is 0 Å². The van der Waals surface area contributed by atoms with Gasteiger partial charge in [0.15, 0.2) is 0 Å². The maximum absolute atomic E-state index is 12.1. The predicted octanol–water partition coefficient (Wildman–Crippen LogP) is 0.112.